The molecule has 6 heteroatoms. The highest BCUT2D eigenvalue weighted by Crippen LogP contribution is 2.21. The highest BCUT2D eigenvalue weighted by molar-refractivity contribution is 8.76. The van der Waals surface area contributed by atoms with Gasteiger partial charge in [-0.25, -0.2) is 0 Å². The average molecular weight is 287 g/mol. The molecule has 0 atom stereocenters. The van der Waals surface area contributed by atoms with E-state index in [0.717, 1.165) is 17.9 Å². The Balaban J connectivity index is 3.21. The normalized spacial score (nSPS) is 9.28. The van der Waals surface area contributed by atoms with Crippen molar-refractivity contribution < 1.29 is 14.3 Å². The van der Waals surface area contributed by atoms with Crippen molar-refractivity contribution in [3.63, 3.8) is 0 Å². The summed E-state index contributed by atoms with van der Waals surface area (Å²) < 4.78 is 4.73. The average Bonchev–Trinajstić information content (AvgIpc) is 2.38. The first kappa shape index (κ1) is 16.9. The quantitative estimate of drug-likeness (QED) is 0.218. The molecule has 100 valence electrons. The lowest BCUT2D eigenvalue weighted by atomic mass is 10.3. The molecule has 0 radical (unpaired) electrons. The zero-order valence-corrected chi connectivity index (χ0v) is 11.8. The van der Waals surface area contributed by atoms with Gasteiger partial charge in [-0.2, -0.15) is 0 Å². The minimum Gasteiger partial charge on any atom is -0.452 e. The Morgan fingerprint density at radius 1 is 1.39 bits per heavy atom. The molecule has 0 aliphatic heterocycles. The summed E-state index contributed by atoms with van der Waals surface area (Å²) in [5.41, 5.74) is 0. The van der Waals surface area contributed by atoms with E-state index in [9.17, 15) is 9.59 Å². The largest absolute Gasteiger partial charge is 0.452 e. The number of nitrogens with one attached hydrogen (secondary N) is 1. The molecule has 0 aromatic rings. The van der Waals surface area contributed by atoms with Crippen molar-refractivity contribution in [2.24, 2.45) is 0 Å². The number of carbonyl (C=O) groups excluding carboxylic acids is 2. The number of esters is 1. The van der Waals surface area contributed by atoms with Crippen LogP contribution in [-0.4, -0.2) is 36.5 Å². The maximum Gasteiger partial charge on any atom is 0.306 e. The lowest BCUT2D eigenvalue weighted by Crippen LogP contribution is -2.23. The van der Waals surface area contributed by atoms with Crippen LogP contribution in [0.1, 0.15) is 12.8 Å². The van der Waals surface area contributed by atoms with E-state index in [4.69, 9.17) is 11.2 Å². The van der Waals surface area contributed by atoms with Crippen LogP contribution in [0.2, 0.25) is 0 Å². The Hall–Kier alpha value is -1.06. The van der Waals surface area contributed by atoms with Crippen LogP contribution in [0, 0.1) is 12.3 Å². The summed E-state index contributed by atoms with van der Waals surface area (Å²) in [6.45, 7) is 4.02. The summed E-state index contributed by atoms with van der Waals surface area (Å²) in [5, 5.41) is 2.68. The summed E-state index contributed by atoms with van der Waals surface area (Å²) in [6.07, 6.45) is 7.37. The number of hydrogen-bond donors (Lipinski definition) is 1. The fourth-order valence-electron chi connectivity index (χ4n) is 0.876. The van der Waals surface area contributed by atoms with Gasteiger partial charge in [-0.05, 0) is 12.5 Å². The lowest BCUT2D eigenvalue weighted by Gasteiger charge is -2.02. The molecule has 0 heterocycles. The van der Waals surface area contributed by atoms with Gasteiger partial charge in [-0.1, -0.05) is 34.1 Å². The van der Waals surface area contributed by atoms with E-state index >= 15 is 0 Å². The summed E-state index contributed by atoms with van der Waals surface area (Å²) >= 11 is 0. The highest BCUT2D eigenvalue weighted by atomic mass is 33.1. The minimum absolute atomic E-state index is 0.0454. The van der Waals surface area contributed by atoms with Crippen molar-refractivity contribution in [3.8, 4) is 12.3 Å². The molecule has 0 saturated heterocycles. The van der Waals surface area contributed by atoms with Gasteiger partial charge < -0.3 is 10.1 Å². The van der Waals surface area contributed by atoms with Crippen LogP contribution >= 0.6 is 21.6 Å². The van der Waals surface area contributed by atoms with Gasteiger partial charge in [-0.3, -0.25) is 9.59 Å². The first-order valence-electron chi connectivity index (χ1n) is 5.44. The van der Waals surface area contributed by atoms with Crippen molar-refractivity contribution in [1.82, 2.24) is 5.32 Å². The number of hydrogen-bond acceptors (Lipinski definition) is 5. The van der Waals surface area contributed by atoms with Crippen LogP contribution in [0.25, 0.3) is 0 Å². The monoisotopic (exact) mass is 287 g/mol. The molecule has 0 aliphatic carbocycles. The molecule has 0 fully saturated rings. The van der Waals surface area contributed by atoms with E-state index in [1.54, 1.807) is 21.6 Å². The molecule has 0 unspecified atom stereocenters. The van der Waals surface area contributed by atoms with Crippen molar-refractivity contribution in [3.05, 3.63) is 12.7 Å². The van der Waals surface area contributed by atoms with Crippen LogP contribution < -0.4 is 5.32 Å². The Morgan fingerprint density at radius 3 is 2.78 bits per heavy atom. The van der Waals surface area contributed by atoms with Gasteiger partial charge in [0.25, 0.3) is 0 Å². The molecule has 1 amide bonds. The summed E-state index contributed by atoms with van der Waals surface area (Å²) in [6, 6.07) is 0. The van der Waals surface area contributed by atoms with Crippen molar-refractivity contribution in [2.45, 2.75) is 12.8 Å². The number of ether oxygens (including phenoxy) is 1. The van der Waals surface area contributed by atoms with Gasteiger partial charge in [0.15, 0.2) is 6.61 Å². The molecule has 0 aromatic carbocycles. The molecule has 4 nitrogen and oxygen atoms in total. The van der Waals surface area contributed by atoms with Crippen molar-refractivity contribution >= 4 is 33.5 Å². The van der Waals surface area contributed by atoms with Crippen LogP contribution in [0.15, 0.2) is 12.7 Å². The molecule has 18 heavy (non-hydrogen) atoms. The van der Waals surface area contributed by atoms with E-state index < -0.39 is 0 Å². The number of terminal acetylenes is 1. The standard InChI is InChI=1S/C12H17NO3S2/c1-3-8-16-12(15)6-5-9-17-18-10-7-13-11(14)4-2/h1,4H,2,5-10H2,(H,13,14). The third kappa shape index (κ3) is 11.4. The second-order valence-electron chi connectivity index (χ2n) is 3.11. The third-order valence-electron chi connectivity index (χ3n) is 1.68. The molecule has 0 bridgehead atoms. The molecular formula is C12H17NO3S2. The Kier molecular flexibility index (Phi) is 11.7. The summed E-state index contributed by atoms with van der Waals surface area (Å²) in [4.78, 5) is 21.9. The maximum absolute atomic E-state index is 11.1. The van der Waals surface area contributed by atoms with Crippen molar-refractivity contribution in [2.75, 3.05) is 24.7 Å². The fourth-order valence-corrected chi connectivity index (χ4v) is 2.87. The third-order valence-corrected chi connectivity index (χ3v) is 4.17. The van der Waals surface area contributed by atoms with Crippen LogP contribution in [0.3, 0.4) is 0 Å². The zero-order chi connectivity index (χ0) is 13.6. The number of carbonyl (C=O) groups is 2. The predicted molar refractivity (Wildman–Crippen MR) is 77.1 cm³/mol. The Labute approximate surface area is 116 Å². The van der Waals surface area contributed by atoms with Gasteiger partial charge in [-0.15, -0.1) is 6.42 Å². The Morgan fingerprint density at radius 2 is 2.11 bits per heavy atom. The molecule has 0 spiro atoms. The van der Waals surface area contributed by atoms with E-state index in [1.165, 1.54) is 6.08 Å². The van der Waals surface area contributed by atoms with Gasteiger partial charge >= 0.3 is 5.97 Å². The van der Waals surface area contributed by atoms with Gasteiger partial charge in [0.1, 0.15) is 0 Å². The molecular weight excluding hydrogens is 270 g/mol. The van der Waals surface area contributed by atoms with Crippen molar-refractivity contribution in [1.29, 1.82) is 0 Å². The first-order chi connectivity index (χ1) is 8.70. The summed E-state index contributed by atoms with van der Waals surface area (Å²) in [7, 11) is 3.33. The summed E-state index contributed by atoms with van der Waals surface area (Å²) in [5.74, 6) is 3.53. The van der Waals surface area contributed by atoms with Gasteiger partial charge in [0.2, 0.25) is 5.91 Å². The molecule has 0 aliphatic rings. The molecule has 0 aromatic heterocycles. The molecule has 0 saturated carbocycles. The fraction of sp³-hybridized carbons (Fsp3) is 0.500. The maximum atomic E-state index is 11.1. The van der Waals surface area contributed by atoms with E-state index in [0.29, 0.717) is 13.0 Å². The van der Waals surface area contributed by atoms with Crippen LogP contribution in [0.5, 0.6) is 0 Å². The highest BCUT2D eigenvalue weighted by Gasteiger charge is 2.01. The van der Waals surface area contributed by atoms with Crippen LogP contribution in [0.4, 0.5) is 0 Å². The van der Waals surface area contributed by atoms with Gasteiger partial charge in [0, 0.05) is 24.5 Å². The van der Waals surface area contributed by atoms with E-state index in [1.807, 2.05) is 0 Å². The topological polar surface area (TPSA) is 55.4 Å². The van der Waals surface area contributed by atoms with Crippen LogP contribution in [-0.2, 0) is 14.3 Å². The SMILES string of the molecule is C#CCOC(=O)CCCSSCCNC(=O)C=C. The predicted octanol–water partition coefficient (Wildman–Crippen LogP) is 1.63. The molecule has 0 rings (SSSR count). The van der Waals surface area contributed by atoms with Gasteiger partial charge in [0.05, 0.1) is 0 Å². The number of rotatable bonds is 10. The number of amides is 1. The second kappa shape index (κ2) is 12.4. The first-order valence-corrected chi connectivity index (χ1v) is 7.93. The Bertz CT molecular complexity index is 313. The smallest absolute Gasteiger partial charge is 0.306 e. The molecule has 1 N–H and O–H groups in total. The zero-order valence-electron chi connectivity index (χ0n) is 10.1. The minimum atomic E-state index is -0.253. The lowest BCUT2D eigenvalue weighted by molar-refractivity contribution is -0.142. The second-order valence-corrected chi connectivity index (χ2v) is 5.81. The van der Waals surface area contributed by atoms with E-state index in [2.05, 4.69) is 17.8 Å². The van der Waals surface area contributed by atoms with E-state index in [-0.39, 0.29) is 18.5 Å².